The molecule has 5 nitrogen and oxygen atoms in total. The van der Waals surface area contributed by atoms with Gasteiger partial charge in [0.05, 0.1) is 7.11 Å². The van der Waals surface area contributed by atoms with Gasteiger partial charge in [-0.25, -0.2) is 0 Å². The van der Waals surface area contributed by atoms with Crippen LogP contribution in [0.3, 0.4) is 0 Å². The molecule has 0 saturated heterocycles. The van der Waals surface area contributed by atoms with Crippen LogP contribution in [0.15, 0.2) is 5.16 Å². The van der Waals surface area contributed by atoms with Gasteiger partial charge < -0.3 is 10.5 Å². The molecule has 0 aromatic carbocycles. The van der Waals surface area contributed by atoms with Crippen LogP contribution in [-0.2, 0) is 0 Å². The molecule has 0 bridgehead atoms. The quantitative estimate of drug-likeness (QED) is 0.808. The Morgan fingerprint density at radius 3 is 2.75 bits per heavy atom. The van der Waals surface area contributed by atoms with E-state index in [1.54, 1.807) is 11.8 Å². The third-order valence-corrected chi connectivity index (χ3v) is 3.80. The number of nitrogens with zero attached hydrogens (tertiary/aromatic N) is 3. The number of ether oxygens (including phenoxy) is 1. The summed E-state index contributed by atoms with van der Waals surface area (Å²) in [6.07, 6.45) is 5.36. The van der Waals surface area contributed by atoms with E-state index < -0.39 is 0 Å². The average molecular weight is 240 g/mol. The Morgan fingerprint density at radius 2 is 2.06 bits per heavy atom. The predicted octanol–water partition coefficient (Wildman–Crippen LogP) is 1.74. The van der Waals surface area contributed by atoms with Crippen LogP contribution in [-0.4, -0.2) is 27.8 Å². The van der Waals surface area contributed by atoms with Gasteiger partial charge in [0.25, 0.3) is 0 Å². The van der Waals surface area contributed by atoms with E-state index >= 15 is 0 Å². The highest BCUT2D eigenvalue weighted by molar-refractivity contribution is 7.99. The molecule has 1 fully saturated rings. The minimum atomic E-state index is 0.223. The lowest BCUT2D eigenvalue weighted by molar-refractivity contribution is 0.374. The van der Waals surface area contributed by atoms with Gasteiger partial charge in [-0.05, 0) is 18.8 Å². The molecule has 1 aliphatic carbocycles. The molecule has 2 rings (SSSR count). The van der Waals surface area contributed by atoms with Crippen molar-refractivity contribution in [3.8, 4) is 6.01 Å². The standard InChI is InChI=1S/C10H16N4OS/c1-15-9-12-8(11)13-10(14-9)16-6-7-4-2-3-5-7/h7H,2-6H2,1H3,(H2,11,12,13,14). The number of thioether (sulfide) groups is 1. The fraction of sp³-hybridized carbons (Fsp3) is 0.700. The van der Waals surface area contributed by atoms with Crippen molar-refractivity contribution in [2.24, 2.45) is 5.92 Å². The summed E-state index contributed by atoms with van der Waals surface area (Å²) < 4.78 is 4.95. The van der Waals surface area contributed by atoms with Crippen LogP contribution >= 0.6 is 11.8 Å². The van der Waals surface area contributed by atoms with Crippen LogP contribution < -0.4 is 10.5 Å². The second-order valence-corrected chi connectivity index (χ2v) is 4.91. The van der Waals surface area contributed by atoms with E-state index in [4.69, 9.17) is 10.5 Å². The molecule has 1 aromatic rings. The van der Waals surface area contributed by atoms with Crippen LogP contribution in [0.25, 0.3) is 0 Å². The van der Waals surface area contributed by atoms with Gasteiger partial charge in [-0.1, -0.05) is 24.6 Å². The van der Waals surface area contributed by atoms with Crippen molar-refractivity contribution >= 4 is 17.7 Å². The molecule has 16 heavy (non-hydrogen) atoms. The number of nitrogen functional groups attached to an aromatic ring is 1. The summed E-state index contributed by atoms with van der Waals surface area (Å²) in [7, 11) is 1.53. The van der Waals surface area contributed by atoms with Crippen molar-refractivity contribution < 1.29 is 4.74 Å². The van der Waals surface area contributed by atoms with E-state index in [9.17, 15) is 0 Å². The van der Waals surface area contributed by atoms with E-state index in [0.29, 0.717) is 11.2 Å². The van der Waals surface area contributed by atoms with Gasteiger partial charge in [-0.15, -0.1) is 0 Å². The highest BCUT2D eigenvalue weighted by atomic mass is 32.2. The molecule has 0 atom stereocenters. The summed E-state index contributed by atoms with van der Waals surface area (Å²) >= 11 is 1.64. The van der Waals surface area contributed by atoms with Gasteiger partial charge in [0.2, 0.25) is 5.95 Å². The molecular weight excluding hydrogens is 224 g/mol. The summed E-state index contributed by atoms with van der Waals surface area (Å²) in [6, 6.07) is 0.293. The Morgan fingerprint density at radius 1 is 1.31 bits per heavy atom. The van der Waals surface area contributed by atoms with Crippen LogP contribution in [0.1, 0.15) is 25.7 Å². The lowest BCUT2D eigenvalue weighted by Gasteiger charge is -2.07. The number of anilines is 1. The van der Waals surface area contributed by atoms with Crippen LogP contribution in [0, 0.1) is 5.92 Å². The van der Waals surface area contributed by atoms with Gasteiger partial charge in [-0.2, -0.15) is 15.0 Å². The third kappa shape index (κ3) is 2.98. The Hall–Kier alpha value is -1.04. The Balaban J connectivity index is 1.94. The normalized spacial score (nSPS) is 16.6. The lowest BCUT2D eigenvalue weighted by atomic mass is 10.1. The zero-order chi connectivity index (χ0) is 11.4. The van der Waals surface area contributed by atoms with Crippen LogP contribution in [0.4, 0.5) is 5.95 Å². The average Bonchev–Trinajstić information content (AvgIpc) is 2.78. The molecule has 1 heterocycles. The van der Waals surface area contributed by atoms with Crippen molar-refractivity contribution in [3.05, 3.63) is 0 Å². The van der Waals surface area contributed by atoms with Gasteiger partial charge in [0.1, 0.15) is 0 Å². The predicted molar refractivity (Wildman–Crippen MR) is 63.5 cm³/mol. The highest BCUT2D eigenvalue weighted by Crippen LogP contribution is 2.30. The van der Waals surface area contributed by atoms with Gasteiger partial charge in [-0.3, -0.25) is 0 Å². The number of methoxy groups -OCH3 is 1. The summed E-state index contributed by atoms with van der Waals surface area (Å²) in [6.45, 7) is 0. The molecule has 2 N–H and O–H groups in total. The monoisotopic (exact) mass is 240 g/mol. The van der Waals surface area contributed by atoms with Crippen molar-refractivity contribution in [2.45, 2.75) is 30.8 Å². The summed E-state index contributed by atoms with van der Waals surface area (Å²) in [5.41, 5.74) is 5.56. The second-order valence-electron chi connectivity index (χ2n) is 3.92. The Kier molecular flexibility index (Phi) is 3.82. The van der Waals surface area contributed by atoms with Gasteiger partial charge in [0, 0.05) is 5.75 Å². The first-order chi connectivity index (χ1) is 7.78. The minimum absolute atomic E-state index is 0.223. The van der Waals surface area contributed by atoms with Crippen molar-refractivity contribution in [1.29, 1.82) is 0 Å². The second kappa shape index (κ2) is 5.34. The van der Waals surface area contributed by atoms with E-state index in [2.05, 4.69) is 15.0 Å². The number of nitrogens with two attached hydrogens (primary N) is 1. The molecule has 1 aromatic heterocycles. The fourth-order valence-electron chi connectivity index (χ4n) is 1.88. The molecule has 0 aliphatic heterocycles. The maximum atomic E-state index is 5.56. The van der Waals surface area contributed by atoms with Crippen molar-refractivity contribution in [1.82, 2.24) is 15.0 Å². The molecule has 0 unspecified atom stereocenters. The smallest absolute Gasteiger partial charge is 0.321 e. The molecule has 88 valence electrons. The number of rotatable bonds is 4. The SMILES string of the molecule is COc1nc(N)nc(SCC2CCCC2)n1. The Labute approximate surface area is 99.2 Å². The number of aromatic nitrogens is 3. The number of hydrogen-bond donors (Lipinski definition) is 1. The third-order valence-electron chi connectivity index (χ3n) is 2.72. The first-order valence-electron chi connectivity index (χ1n) is 5.46. The van der Waals surface area contributed by atoms with Gasteiger partial charge in [0.15, 0.2) is 5.16 Å². The largest absolute Gasteiger partial charge is 0.467 e. The maximum Gasteiger partial charge on any atom is 0.321 e. The minimum Gasteiger partial charge on any atom is -0.467 e. The zero-order valence-electron chi connectivity index (χ0n) is 9.35. The number of hydrogen-bond acceptors (Lipinski definition) is 6. The van der Waals surface area contributed by atoms with E-state index in [-0.39, 0.29) is 5.95 Å². The fourth-order valence-corrected chi connectivity index (χ4v) is 2.90. The highest BCUT2D eigenvalue weighted by Gasteiger charge is 2.16. The molecule has 0 radical (unpaired) electrons. The van der Waals surface area contributed by atoms with E-state index in [1.165, 1.54) is 32.8 Å². The summed E-state index contributed by atoms with van der Waals surface area (Å²) in [4.78, 5) is 12.1. The lowest BCUT2D eigenvalue weighted by Crippen LogP contribution is -2.04. The maximum absolute atomic E-state index is 5.56. The van der Waals surface area contributed by atoms with Crippen molar-refractivity contribution in [3.63, 3.8) is 0 Å². The van der Waals surface area contributed by atoms with Crippen LogP contribution in [0.2, 0.25) is 0 Å². The topological polar surface area (TPSA) is 73.9 Å². The van der Waals surface area contributed by atoms with Crippen molar-refractivity contribution in [2.75, 3.05) is 18.6 Å². The summed E-state index contributed by atoms with van der Waals surface area (Å²) in [5.74, 6) is 2.09. The molecule has 1 aliphatic rings. The van der Waals surface area contributed by atoms with E-state index in [1.807, 2.05) is 0 Å². The molecule has 0 amide bonds. The molecule has 1 saturated carbocycles. The molecule has 0 spiro atoms. The summed E-state index contributed by atoms with van der Waals surface area (Å²) in [5, 5.41) is 0.663. The molecule has 6 heteroatoms. The zero-order valence-corrected chi connectivity index (χ0v) is 10.2. The van der Waals surface area contributed by atoms with Gasteiger partial charge >= 0.3 is 6.01 Å². The van der Waals surface area contributed by atoms with E-state index in [0.717, 1.165) is 11.7 Å². The van der Waals surface area contributed by atoms with Crippen LogP contribution in [0.5, 0.6) is 6.01 Å². The first kappa shape index (κ1) is 11.4. The first-order valence-corrected chi connectivity index (χ1v) is 6.45. The Bertz CT molecular complexity index is 355. The molecular formula is C10H16N4OS.